The van der Waals surface area contributed by atoms with Crippen LogP contribution in [0.2, 0.25) is 0 Å². The molecule has 0 aliphatic heterocycles. The standard InChI is InChI=1S/C19H22F3NO2/c1-13-6-4-5-7-16(13)14(2)23-11-15-8-9-17(18(10-15)24-3)25-12-19(20,21)22/h4-10,14,23H,11-12H2,1-3H3. The Labute approximate surface area is 145 Å². The van der Waals surface area contributed by atoms with Crippen molar-refractivity contribution in [2.75, 3.05) is 13.7 Å². The summed E-state index contributed by atoms with van der Waals surface area (Å²) in [7, 11) is 1.41. The highest BCUT2D eigenvalue weighted by Crippen LogP contribution is 2.30. The highest BCUT2D eigenvalue weighted by atomic mass is 19.4. The molecule has 1 unspecified atom stereocenters. The number of nitrogens with one attached hydrogen (secondary N) is 1. The lowest BCUT2D eigenvalue weighted by Crippen LogP contribution is -2.20. The zero-order chi connectivity index (χ0) is 18.4. The quantitative estimate of drug-likeness (QED) is 0.776. The molecule has 3 nitrogen and oxygen atoms in total. The molecule has 0 fully saturated rings. The molecule has 0 aliphatic carbocycles. The minimum Gasteiger partial charge on any atom is -0.493 e. The summed E-state index contributed by atoms with van der Waals surface area (Å²) in [6.45, 7) is 3.35. The molecular formula is C19H22F3NO2. The van der Waals surface area contributed by atoms with Gasteiger partial charge in [-0.05, 0) is 42.7 Å². The largest absolute Gasteiger partial charge is 0.493 e. The van der Waals surface area contributed by atoms with Crippen LogP contribution in [0.1, 0.15) is 29.7 Å². The summed E-state index contributed by atoms with van der Waals surface area (Å²) in [5, 5.41) is 3.41. The van der Waals surface area contributed by atoms with Crippen molar-refractivity contribution in [3.8, 4) is 11.5 Å². The van der Waals surface area contributed by atoms with Gasteiger partial charge in [-0.2, -0.15) is 13.2 Å². The van der Waals surface area contributed by atoms with Crippen LogP contribution >= 0.6 is 0 Å². The summed E-state index contributed by atoms with van der Waals surface area (Å²) in [6, 6.07) is 13.2. The Morgan fingerprint density at radius 1 is 1.08 bits per heavy atom. The monoisotopic (exact) mass is 353 g/mol. The zero-order valence-corrected chi connectivity index (χ0v) is 14.5. The Morgan fingerprint density at radius 3 is 2.44 bits per heavy atom. The number of halogens is 3. The van der Waals surface area contributed by atoms with Gasteiger partial charge in [0.25, 0.3) is 0 Å². The lowest BCUT2D eigenvalue weighted by Gasteiger charge is -2.18. The van der Waals surface area contributed by atoms with E-state index in [4.69, 9.17) is 9.47 Å². The van der Waals surface area contributed by atoms with Crippen molar-refractivity contribution in [1.82, 2.24) is 5.32 Å². The Kier molecular flexibility index (Phi) is 6.31. The molecule has 0 radical (unpaired) electrons. The Hall–Kier alpha value is -2.21. The minimum absolute atomic E-state index is 0.0792. The predicted molar refractivity (Wildman–Crippen MR) is 91.0 cm³/mol. The van der Waals surface area contributed by atoms with Gasteiger partial charge in [0.15, 0.2) is 18.1 Å². The molecule has 2 aromatic rings. The van der Waals surface area contributed by atoms with Crippen molar-refractivity contribution in [3.63, 3.8) is 0 Å². The number of ether oxygens (including phenoxy) is 2. The number of aryl methyl sites for hydroxylation is 1. The topological polar surface area (TPSA) is 30.5 Å². The first kappa shape index (κ1) is 19.1. The molecule has 2 aromatic carbocycles. The summed E-state index contributed by atoms with van der Waals surface area (Å²) in [6.07, 6.45) is -4.38. The summed E-state index contributed by atoms with van der Waals surface area (Å²) >= 11 is 0. The minimum atomic E-state index is -4.38. The lowest BCUT2D eigenvalue weighted by atomic mass is 10.0. The molecule has 0 heterocycles. The molecule has 0 saturated heterocycles. The van der Waals surface area contributed by atoms with Crippen LogP contribution in [0.4, 0.5) is 13.2 Å². The number of hydrogen-bond acceptors (Lipinski definition) is 3. The van der Waals surface area contributed by atoms with Gasteiger partial charge in [0.05, 0.1) is 7.11 Å². The summed E-state index contributed by atoms with van der Waals surface area (Å²) < 4.78 is 46.8. The second-order valence-electron chi connectivity index (χ2n) is 5.85. The number of methoxy groups -OCH3 is 1. The van der Waals surface area contributed by atoms with Gasteiger partial charge in [-0.3, -0.25) is 0 Å². The third-order valence-electron chi connectivity index (χ3n) is 3.89. The Balaban J connectivity index is 2.02. The van der Waals surface area contributed by atoms with Gasteiger partial charge in [0, 0.05) is 12.6 Å². The van der Waals surface area contributed by atoms with Crippen LogP contribution < -0.4 is 14.8 Å². The Morgan fingerprint density at radius 2 is 1.80 bits per heavy atom. The van der Waals surface area contributed by atoms with Crippen LogP contribution in [0.25, 0.3) is 0 Å². The molecule has 0 saturated carbocycles. The van der Waals surface area contributed by atoms with Gasteiger partial charge in [-0.25, -0.2) is 0 Å². The third-order valence-corrected chi connectivity index (χ3v) is 3.89. The van der Waals surface area contributed by atoms with Crippen LogP contribution in [0.15, 0.2) is 42.5 Å². The number of hydrogen-bond donors (Lipinski definition) is 1. The molecule has 0 amide bonds. The average Bonchev–Trinajstić information content (AvgIpc) is 2.57. The second kappa shape index (κ2) is 8.25. The van der Waals surface area contributed by atoms with Crippen LogP contribution in [-0.4, -0.2) is 19.9 Å². The van der Waals surface area contributed by atoms with Crippen LogP contribution in [0, 0.1) is 6.92 Å². The van der Waals surface area contributed by atoms with Crippen molar-refractivity contribution in [3.05, 3.63) is 59.2 Å². The molecule has 1 N–H and O–H groups in total. The summed E-state index contributed by atoms with van der Waals surface area (Å²) in [5.41, 5.74) is 3.31. The molecule has 2 rings (SSSR count). The maximum Gasteiger partial charge on any atom is 0.422 e. The van der Waals surface area contributed by atoms with E-state index in [2.05, 4.69) is 31.3 Å². The molecule has 1 atom stereocenters. The fourth-order valence-electron chi connectivity index (χ4n) is 2.55. The van der Waals surface area contributed by atoms with Crippen molar-refractivity contribution >= 4 is 0 Å². The number of alkyl halides is 3. The van der Waals surface area contributed by atoms with Crippen LogP contribution in [-0.2, 0) is 6.54 Å². The highest BCUT2D eigenvalue weighted by Gasteiger charge is 2.29. The van der Waals surface area contributed by atoms with Gasteiger partial charge in [0.1, 0.15) is 0 Å². The van der Waals surface area contributed by atoms with E-state index >= 15 is 0 Å². The van der Waals surface area contributed by atoms with Gasteiger partial charge in [-0.15, -0.1) is 0 Å². The lowest BCUT2D eigenvalue weighted by molar-refractivity contribution is -0.153. The molecule has 136 valence electrons. The fourth-order valence-corrected chi connectivity index (χ4v) is 2.55. The summed E-state index contributed by atoms with van der Waals surface area (Å²) in [4.78, 5) is 0. The number of rotatable bonds is 7. The van der Waals surface area contributed by atoms with Gasteiger partial charge >= 0.3 is 6.18 Å². The van der Waals surface area contributed by atoms with Crippen molar-refractivity contribution in [1.29, 1.82) is 0 Å². The first-order valence-electron chi connectivity index (χ1n) is 7.95. The van der Waals surface area contributed by atoms with Crippen LogP contribution in [0.3, 0.4) is 0 Å². The Bertz CT molecular complexity index is 701. The smallest absolute Gasteiger partial charge is 0.422 e. The van der Waals surface area contributed by atoms with E-state index in [1.165, 1.54) is 24.3 Å². The molecule has 25 heavy (non-hydrogen) atoms. The summed E-state index contributed by atoms with van der Waals surface area (Å²) in [5.74, 6) is 0.364. The SMILES string of the molecule is COc1cc(CNC(C)c2ccccc2C)ccc1OCC(F)(F)F. The fraction of sp³-hybridized carbons (Fsp3) is 0.368. The van der Waals surface area contributed by atoms with Gasteiger partial charge < -0.3 is 14.8 Å². The van der Waals surface area contributed by atoms with E-state index in [9.17, 15) is 13.2 Å². The first-order valence-corrected chi connectivity index (χ1v) is 7.95. The third kappa shape index (κ3) is 5.67. The zero-order valence-electron chi connectivity index (χ0n) is 14.5. The van der Waals surface area contributed by atoms with E-state index in [0.29, 0.717) is 6.54 Å². The van der Waals surface area contributed by atoms with Gasteiger partial charge in [0.2, 0.25) is 0 Å². The normalized spacial score (nSPS) is 12.7. The predicted octanol–water partition coefficient (Wildman–Crippen LogP) is 4.80. The van der Waals surface area contributed by atoms with E-state index < -0.39 is 12.8 Å². The highest BCUT2D eigenvalue weighted by molar-refractivity contribution is 5.43. The van der Waals surface area contributed by atoms with E-state index in [-0.39, 0.29) is 17.5 Å². The van der Waals surface area contributed by atoms with Gasteiger partial charge in [-0.1, -0.05) is 30.3 Å². The maximum atomic E-state index is 12.3. The molecule has 0 aromatic heterocycles. The van der Waals surface area contributed by atoms with Crippen LogP contribution in [0.5, 0.6) is 11.5 Å². The molecular weight excluding hydrogens is 331 g/mol. The number of benzene rings is 2. The van der Waals surface area contributed by atoms with Crippen molar-refractivity contribution in [2.24, 2.45) is 0 Å². The average molecular weight is 353 g/mol. The molecule has 0 aliphatic rings. The van der Waals surface area contributed by atoms with Crippen molar-refractivity contribution < 1.29 is 22.6 Å². The first-order chi connectivity index (χ1) is 11.8. The second-order valence-corrected chi connectivity index (χ2v) is 5.85. The van der Waals surface area contributed by atoms with E-state index in [1.54, 1.807) is 12.1 Å². The molecule has 0 spiro atoms. The maximum absolute atomic E-state index is 12.3. The van der Waals surface area contributed by atoms with Crippen molar-refractivity contribution in [2.45, 2.75) is 32.6 Å². The van der Waals surface area contributed by atoms with E-state index in [0.717, 1.165) is 5.56 Å². The van der Waals surface area contributed by atoms with E-state index in [1.807, 2.05) is 12.1 Å². The molecule has 0 bridgehead atoms. The molecule has 6 heteroatoms.